The second-order valence-electron chi connectivity index (χ2n) is 15.8. The van der Waals surface area contributed by atoms with Gasteiger partial charge in [0.25, 0.3) is 0 Å². The maximum atomic E-state index is 13.9. The van der Waals surface area contributed by atoms with Gasteiger partial charge in [0, 0.05) is 31.1 Å². The van der Waals surface area contributed by atoms with E-state index in [1.165, 1.54) is 25.8 Å². The number of fused-ring (bicyclic) bond motifs is 7. The van der Waals surface area contributed by atoms with E-state index in [2.05, 4.69) is 48.1 Å². The van der Waals surface area contributed by atoms with E-state index in [1.54, 1.807) is 0 Å². The van der Waals surface area contributed by atoms with Gasteiger partial charge >= 0.3 is 17.9 Å². The molecule has 0 bridgehead atoms. The van der Waals surface area contributed by atoms with Crippen LogP contribution in [0, 0.1) is 56.7 Å². The van der Waals surface area contributed by atoms with Crippen molar-refractivity contribution >= 4 is 17.9 Å². The van der Waals surface area contributed by atoms with Crippen molar-refractivity contribution in [3.05, 3.63) is 12.2 Å². The summed E-state index contributed by atoms with van der Waals surface area (Å²) in [5, 5.41) is 11.4. The molecule has 40 heavy (non-hydrogen) atoms. The van der Waals surface area contributed by atoms with Gasteiger partial charge in [0.15, 0.2) is 0 Å². The van der Waals surface area contributed by atoms with E-state index in [1.807, 2.05) is 0 Å². The molecule has 224 valence electrons. The Kier molecular flexibility index (Phi) is 6.91. The van der Waals surface area contributed by atoms with Gasteiger partial charge < -0.3 is 14.6 Å². The molecule has 1 N–H and O–H groups in total. The Morgan fingerprint density at radius 2 is 1.40 bits per heavy atom. The van der Waals surface area contributed by atoms with Gasteiger partial charge in [-0.25, -0.2) is 0 Å². The number of rotatable bonds is 4. The Bertz CT molecular complexity index is 1110. The van der Waals surface area contributed by atoms with Crippen LogP contribution in [0.4, 0.5) is 0 Å². The normalized spacial score (nSPS) is 49.0. The zero-order valence-electron chi connectivity index (χ0n) is 26.1. The molecular weight excluding hydrogens is 504 g/mol. The predicted octanol–water partition coefficient (Wildman–Crippen LogP) is 7.20. The lowest BCUT2D eigenvalue weighted by Crippen LogP contribution is -2.72. The Hall–Kier alpha value is -1.85. The fourth-order valence-corrected chi connectivity index (χ4v) is 12.2. The number of hydrogen-bond acceptors (Lipinski definition) is 5. The van der Waals surface area contributed by atoms with Gasteiger partial charge in [-0.15, -0.1) is 0 Å². The average Bonchev–Trinajstić information content (AvgIpc) is 3.19. The third-order valence-corrected chi connectivity index (χ3v) is 13.9. The summed E-state index contributed by atoms with van der Waals surface area (Å²) in [6, 6.07) is 0. The number of allylic oxidation sites excluding steroid dienone is 1. The number of esters is 2. The maximum Gasteiger partial charge on any atom is 0.310 e. The number of carboxylic acid groups (broad SMARTS) is 1. The SMILES string of the molecule is C=C(C)C1CCC2(C)CCC3(C)C(CCC4C5(C)C(OC(C)=O)CC(OC(C)=O)C(C)(C)C5CCC43C(=O)O)C12. The highest BCUT2D eigenvalue weighted by atomic mass is 16.6. The minimum atomic E-state index is -0.895. The van der Waals surface area contributed by atoms with E-state index in [9.17, 15) is 19.5 Å². The summed E-state index contributed by atoms with van der Waals surface area (Å²) in [5.41, 5.74) is -0.669. The van der Waals surface area contributed by atoms with Crippen LogP contribution < -0.4 is 0 Å². The molecule has 11 unspecified atom stereocenters. The van der Waals surface area contributed by atoms with Crippen molar-refractivity contribution in [3.63, 3.8) is 0 Å². The molecule has 0 spiro atoms. The van der Waals surface area contributed by atoms with Gasteiger partial charge in [-0.3, -0.25) is 14.4 Å². The quantitative estimate of drug-likeness (QED) is 0.291. The lowest BCUT2D eigenvalue weighted by molar-refractivity contribution is -0.280. The van der Waals surface area contributed by atoms with Gasteiger partial charge in [0.2, 0.25) is 0 Å². The minimum Gasteiger partial charge on any atom is -0.481 e. The zero-order chi connectivity index (χ0) is 29.6. The molecule has 6 heteroatoms. The highest BCUT2D eigenvalue weighted by molar-refractivity contribution is 5.77. The van der Waals surface area contributed by atoms with E-state index in [0.717, 1.165) is 38.5 Å². The number of carboxylic acids is 1. The monoisotopic (exact) mass is 556 g/mol. The van der Waals surface area contributed by atoms with Crippen LogP contribution in [-0.2, 0) is 23.9 Å². The molecule has 11 atom stereocenters. The van der Waals surface area contributed by atoms with Crippen molar-refractivity contribution in [2.24, 2.45) is 56.7 Å². The van der Waals surface area contributed by atoms with E-state index >= 15 is 0 Å². The Labute approximate surface area is 241 Å². The lowest BCUT2D eigenvalue weighted by Gasteiger charge is -2.72. The molecule has 5 rings (SSSR count). The number of carbonyl (C=O) groups excluding carboxylic acids is 2. The summed E-state index contributed by atoms with van der Waals surface area (Å²) in [6.07, 6.45) is 7.02. The molecule has 5 saturated carbocycles. The Balaban J connectivity index is 1.64. The molecular formula is C34H52O6. The van der Waals surface area contributed by atoms with E-state index in [-0.39, 0.29) is 46.1 Å². The van der Waals surface area contributed by atoms with Crippen LogP contribution in [0.5, 0.6) is 0 Å². The highest BCUT2D eigenvalue weighted by Crippen LogP contribution is 2.78. The largest absolute Gasteiger partial charge is 0.481 e. The molecule has 0 radical (unpaired) electrons. The first-order valence-corrected chi connectivity index (χ1v) is 15.7. The van der Waals surface area contributed by atoms with Gasteiger partial charge in [0.05, 0.1) is 5.41 Å². The van der Waals surface area contributed by atoms with Crippen molar-refractivity contribution in [2.45, 2.75) is 125 Å². The van der Waals surface area contributed by atoms with Crippen molar-refractivity contribution in [2.75, 3.05) is 0 Å². The third kappa shape index (κ3) is 3.75. The lowest BCUT2D eigenvalue weighted by atomic mass is 9.31. The molecule has 5 aliphatic rings. The van der Waals surface area contributed by atoms with Crippen LogP contribution in [0.3, 0.4) is 0 Å². The number of ether oxygens (including phenoxy) is 2. The standard InChI is InChI=1S/C34H52O6/c1-19(2)22-12-14-31(7)16-17-32(8)23(28(22)31)10-11-25-33(9)24(13-15-34(25,32)29(37)38)30(5,6)26(39-20(3)35)18-27(33)40-21(4)36/h22-28H,1,10-18H2,2-9H3,(H,37,38). The topological polar surface area (TPSA) is 89.9 Å². The highest BCUT2D eigenvalue weighted by Gasteiger charge is 2.76. The number of hydrogen-bond donors (Lipinski definition) is 1. The molecule has 6 nitrogen and oxygen atoms in total. The molecule has 0 aromatic heterocycles. The van der Waals surface area contributed by atoms with Crippen LogP contribution in [0.1, 0.15) is 113 Å². The summed E-state index contributed by atoms with van der Waals surface area (Å²) < 4.78 is 12.0. The summed E-state index contributed by atoms with van der Waals surface area (Å²) >= 11 is 0. The van der Waals surface area contributed by atoms with Gasteiger partial charge in [0.1, 0.15) is 12.2 Å². The Morgan fingerprint density at radius 3 is 1.98 bits per heavy atom. The molecule has 5 aliphatic carbocycles. The van der Waals surface area contributed by atoms with E-state index < -0.39 is 22.9 Å². The number of aliphatic carboxylic acids is 1. The van der Waals surface area contributed by atoms with Crippen molar-refractivity contribution in [1.82, 2.24) is 0 Å². The summed E-state index contributed by atoms with van der Waals surface area (Å²) in [4.78, 5) is 38.5. The Morgan fingerprint density at radius 1 is 0.775 bits per heavy atom. The molecule has 0 heterocycles. The second kappa shape index (κ2) is 9.33. The molecule has 0 amide bonds. The second-order valence-corrected chi connectivity index (χ2v) is 15.8. The molecule has 0 saturated heterocycles. The van der Waals surface area contributed by atoms with Crippen molar-refractivity contribution in [3.8, 4) is 0 Å². The molecule has 0 aromatic rings. The zero-order valence-corrected chi connectivity index (χ0v) is 26.1. The third-order valence-electron chi connectivity index (χ3n) is 13.9. The fraction of sp³-hybridized carbons (Fsp3) is 0.853. The first kappa shape index (κ1) is 29.6. The van der Waals surface area contributed by atoms with Crippen LogP contribution in [0.2, 0.25) is 0 Å². The first-order chi connectivity index (χ1) is 18.5. The maximum absolute atomic E-state index is 13.9. The van der Waals surface area contributed by atoms with Gasteiger partial charge in [-0.1, -0.05) is 46.8 Å². The first-order valence-electron chi connectivity index (χ1n) is 15.7. The number of carbonyl (C=O) groups is 3. The van der Waals surface area contributed by atoms with E-state index in [4.69, 9.17) is 9.47 Å². The van der Waals surface area contributed by atoms with Crippen molar-refractivity contribution in [1.29, 1.82) is 0 Å². The van der Waals surface area contributed by atoms with Gasteiger partial charge in [-0.05, 0) is 98.7 Å². The van der Waals surface area contributed by atoms with Crippen molar-refractivity contribution < 1.29 is 29.0 Å². The fourth-order valence-electron chi connectivity index (χ4n) is 12.2. The molecule has 5 fully saturated rings. The smallest absolute Gasteiger partial charge is 0.310 e. The van der Waals surface area contributed by atoms with Crippen LogP contribution >= 0.6 is 0 Å². The summed E-state index contributed by atoms with van der Waals surface area (Å²) in [7, 11) is 0. The molecule has 0 aliphatic heterocycles. The van der Waals surface area contributed by atoms with Gasteiger partial charge in [-0.2, -0.15) is 0 Å². The predicted molar refractivity (Wildman–Crippen MR) is 153 cm³/mol. The summed E-state index contributed by atoms with van der Waals surface area (Å²) in [6.45, 7) is 20.7. The average molecular weight is 557 g/mol. The van der Waals surface area contributed by atoms with Crippen LogP contribution in [0.25, 0.3) is 0 Å². The summed E-state index contributed by atoms with van der Waals surface area (Å²) in [5.74, 6) is -0.179. The minimum absolute atomic E-state index is 0.0589. The van der Waals surface area contributed by atoms with Crippen LogP contribution in [0.15, 0.2) is 12.2 Å². The van der Waals surface area contributed by atoms with E-state index in [0.29, 0.717) is 30.6 Å². The van der Waals surface area contributed by atoms with Crippen LogP contribution in [-0.4, -0.2) is 35.2 Å². The molecule has 0 aromatic carbocycles.